The highest BCUT2D eigenvalue weighted by Gasteiger charge is 2.45. The third-order valence-electron chi connectivity index (χ3n) is 4.76. The van der Waals surface area contributed by atoms with Gasteiger partial charge in [-0.1, -0.05) is 0 Å². The van der Waals surface area contributed by atoms with E-state index in [0.29, 0.717) is 5.69 Å². The van der Waals surface area contributed by atoms with Crippen LogP contribution in [0.3, 0.4) is 0 Å². The molecule has 2 aromatic heterocycles. The molecule has 3 rings (SSSR count). The second-order valence-corrected chi connectivity index (χ2v) is 8.80. The van der Waals surface area contributed by atoms with Crippen LogP contribution in [0, 0.1) is 6.92 Å². The van der Waals surface area contributed by atoms with Gasteiger partial charge < -0.3 is 14.2 Å². The first-order chi connectivity index (χ1) is 16.2. The number of pyridine rings is 1. The normalized spacial score (nSPS) is 17.8. The van der Waals surface area contributed by atoms with Crippen molar-refractivity contribution in [3.8, 4) is 5.69 Å². The van der Waals surface area contributed by atoms with Crippen molar-refractivity contribution in [2.75, 3.05) is 18.1 Å². The lowest BCUT2D eigenvalue weighted by atomic mass is 10.1. The lowest BCUT2D eigenvalue weighted by Gasteiger charge is -2.34. The van der Waals surface area contributed by atoms with E-state index in [1.807, 2.05) is 0 Å². The second kappa shape index (κ2) is 9.64. The van der Waals surface area contributed by atoms with Gasteiger partial charge in [-0.05, 0) is 39.8 Å². The molecule has 0 radical (unpaired) electrons. The summed E-state index contributed by atoms with van der Waals surface area (Å²) in [6.07, 6.45) is -6.77. The van der Waals surface area contributed by atoms with Crippen molar-refractivity contribution in [1.82, 2.24) is 14.8 Å². The number of anilines is 1. The maximum absolute atomic E-state index is 13.3. The summed E-state index contributed by atoms with van der Waals surface area (Å²) in [7, 11) is 0. The molecule has 13 heteroatoms. The lowest BCUT2D eigenvalue weighted by molar-refractivity contribution is -0.188. The Morgan fingerprint density at radius 1 is 1.23 bits per heavy atom. The standard InChI is InChI=1S/C22H25F3N4O6/c1-12-10-16(27-29(12)14-6-7-26-15(11-14)22(23,24)25)28-8-9-33-17(19(28)31)18(34-13(2)30)20(32)35-21(3,4)5/h6-7,10-11,17-18H,8-9H2,1-5H3/t17-,18-/m1/s1. The van der Waals surface area contributed by atoms with E-state index in [-0.39, 0.29) is 24.7 Å². The van der Waals surface area contributed by atoms with E-state index in [1.165, 1.54) is 21.7 Å². The summed E-state index contributed by atoms with van der Waals surface area (Å²) in [5, 5.41) is 4.28. The van der Waals surface area contributed by atoms with Crippen LogP contribution in [0.25, 0.3) is 5.69 Å². The van der Waals surface area contributed by atoms with Gasteiger partial charge in [-0.25, -0.2) is 9.48 Å². The second-order valence-electron chi connectivity index (χ2n) is 8.80. The molecule has 1 aliphatic heterocycles. The first-order valence-electron chi connectivity index (χ1n) is 10.6. The van der Waals surface area contributed by atoms with Crippen LogP contribution >= 0.6 is 0 Å². The quantitative estimate of drug-likeness (QED) is 0.579. The van der Waals surface area contributed by atoms with Crippen molar-refractivity contribution in [2.45, 2.75) is 58.6 Å². The third-order valence-corrected chi connectivity index (χ3v) is 4.76. The Kier molecular flexibility index (Phi) is 7.20. The first-order valence-corrected chi connectivity index (χ1v) is 10.6. The number of nitrogens with zero attached hydrogens (tertiary/aromatic N) is 4. The summed E-state index contributed by atoms with van der Waals surface area (Å²) in [4.78, 5) is 42.1. The van der Waals surface area contributed by atoms with Crippen LogP contribution in [0.4, 0.5) is 19.0 Å². The molecule has 0 saturated carbocycles. The highest BCUT2D eigenvalue weighted by atomic mass is 19.4. The van der Waals surface area contributed by atoms with E-state index in [1.54, 1.807) is 27.7 Å². The van der Waals surface area contributed by atoms with Gasteiger partial charge in [-0.2, -0.15) is 13.2 Å². The maximum Gasteiger partial charge on any atom is 0.433 e. The van der Waals surface area contributed by atoms with Gasteiger partial charge in [0.15, 0.2) is 11.9 Å². The molecule has 1 fully saturated rings. The number of morpholine rings is 1. The number of alkyl halides is 3. The molecule has 0 spiro atoms. The molecule has 2 aromatic rings. The van der Waals surface area contributed by atoms with Gasteiger partial charge in [-0.15, -0.1) is 5.10 Å². The first kappa shape index (κ1) is 26.1. The number of amides is 1. The summed E-state index contributed by atoms with van der Waals surface area (Å²) in [6, 6.07) is 3.69. The molecule has 0 bridgehead atoms. The largest absolute Gasteiger partial charge is 0.457 e. The summed E-state index contributed by atoms with van der Waals surface area (Å²) >= 11 is 0. The summed E-state index contributed by atoms with van der Waals surface area (Å²) in [6.45, 7) is 7.57. The van der Waals surface area contributed by atoms with Gasteiger partial charge in [0.1, 0.15) is 11.3 Å². The molecule has 0 aliphatic carbocycles. The predicted octanol–water partition coefficient (Wildman–Crippen LogP) is 2.60. The van der Waals surface area contributed by atoms with E-state index >= 15 is 0 Å². The number of esters is 2. The number of hydrogen-bond donors (Lipinski definition) is 0. The molecule has 190 valence electrons. The molecular weight excluding hydrogens is 473 g/mol. The van der Waals surface area contributed by atoms with Gasteiger partial charge >= 0.3 is 18.1 Å². The number of carbonyl (C=O) groups excluding carboxylic acids is 3. The van der Waals surface area contributed by atoms with Crippen LogP contribution in [0.2, 0.25) is 0 Å². The van der Waals surface area contributed by atoms with Crippen LogP contribution in [0.5, 0.6) is 0 Å². The molecule has 0 aromatic carbocycles. The zero-order valence-electron chi connectivity index (χ0n) is 19.8. The van der Waals surface area contributed by atoms with Crippen molar-refractivity contribution in [1.29, 1.82) is 0 Å². The van der Waals surface area contributed by atoms with Gasteiger partial charge in [0, 0.05) is 24.9 Å². The lowest BCUT2D eigenvalue weighted by Crippen LogP contribution is -2.56. The number of carbonyl (C=O) groups is 3. The monoisotopic (exact) mass is 498 g/mol. The number of aryl methyl sites for hydroxylation is 1. The average molecular weight is 498 g/mol. The van der Waals surface area contributed by atoms with E-state index in [9.17, 15) is 27.6 Å². The zero-order valence-corrected chi connectivity index (χ0v) is 19.8. The van der Waals surface area contributed by atoms with Crippen LogP contribution in [-0.2, 0) is 34.8 Å². The van der Waals surface area contributed by atoms with E-state index < -0.39 is 47.5 Å². The fraction of sp³-hybridized carbons (Fsp3) is 0.500. The number of rotatable bonds is 5. The smallest absolute Gasteiger partial charge is 0.433 e. The molecule has 1 amide bonds. The van der Waals surface area contributed by atoms with Crippen molar-refractivity contribution >= 4 is 23.7 Å². The number of ether oxygens (including phenoxy) is 3. The highest BCUT2D eigenvalue weighted by Crippen LogP contribution is 2.29. The van der Waals surface area contributed by atoms with Gasteiger partial charge in [0.05, 0.1) is 18.8 Å². The molecule has 0 N–H and O–H groups in total. The SMILES string of the molecule is CC(=O)O[C@@H](C(=O)OC(C)(C)C)[C@H]1OCCN(c2cc(C)n(-c3ccnc(C(F)(F)F)c3)n2)C1=O. The van der Waals surface area contributed by atoms with Crippen LogP contribution in [0.15, 0.2) is 24.4 Å². The molecule has 1 saturated heterocycles. The van der Waals surface area contributed by atoms with E-state index in [0.717, 1.165) is 19.2 Å². The molecule has 3 heterocycles. The summed E-state index contributed by atoms with van der Waals surface area (Å²) < 4.78 is 56.3. The van der Waals surface area contributed by atoms with E-state index in [4.69, 9.17) is 14.2 Å². The minimum atomic E-state index is -4.64. The number of aromatic nitrogens is 3. The Balaban J connectivity index is 1.91. The zero-order chi connectivity index (χ0) is 26.1. The summed E-state index contributed by atoms with van der Waals surface area (Å²) in [5.41, 5.74) is -1.46. The molecule has 0 unspecified atom stereocenters. The van der Waals surface area contributed by atoms with Crippen LogP contribution in [0.1, 0.15) is 39.1 Å². The molecular formula is C22H25F3N4O6. The minimum absolute atomic E-state index is 0.0175. The van der Waals surface area contributed by atoms with Crippen molar-refractivity contribution in [2.24, 2.45) is 0 Å². The average Bonchev–Trinajstić information content (AvgIpc) is 3.12. The number of halogens is 3. The van der Waals surface area contributed by atoms with E-state index in [2.05, 4.69) is 10.1 Å². The minimum Gasteiger partial charge on any atom is -0.457 e. The molecule has 1 aliphatic rings. The van der Waals surface area contributed by atoms with Crippen LogP contribution in [-0.4, -0.2) is 63.6 Å². The third kappa shape index (κ3) is 6.15. The molecule has 10 nitrogen and oxygen atoms in total. The van der Waals surface area contributed by atoms with Gasteiger partial charge in [0.25, 0.3) is 5.91 Å². The Morgan fingerprint density at radius 3 is 2.51 bits per heavy atom. The Labute approximate surface area is 199 Å². The summed E-state index contributed by atoms with van der Waals surface area (Å²) in [5.74, 6) is -2.36. The van der Waals surface area contributed by atoms with Crippen molar-refractivity contribution < 1.29 is 41.8 Å². The molecule has 35 heavy (non-hydrogen) atoms. The topological polar surface area (TPSA) is 113 Å². The van der Waals surface area contributed by atoms with Crippen molar-refractivity contribution in [3.63, 3.8) is 0 Å². The van der Waals surface area contributed by atoms with Crippen LogP contribution < -0.4 is 4.90 Å². The molecule has 2 atom stereocenters. The fourth-order valence-electron chi connectivity index (χ4n) is 3.38. The Bertz CT molecular complexity index is 1130. The Hall–Kier alpha value is -3.48. The van der Waals surface area contributed by atoms with Crippen molar-refractivity contribution in [3.05, 3.63) is 35.8 Å². The Morgan fingerprint density at radius 2 is 1.91 bits per heavy atom. The maximum atomic E-state index is 13.3. The highest BCUT2D eigenvalue weighted by molar-refractivity contribution is 6.00. The van der Waals surface area contributed by atoms with Gasteiger partial charge in [-0.3, -0.25) is 19.5 Å². The number of hydrogen-bond acceptors (Lipinski definition) is 8. The van der Waals surface area contributed by atoms with Gasteiger partial charge in [0.2, 0.25) is 6.10 Å². The predicted molar refractivity (Wildman–Crippen MR) is 115 cm³/mol. The fourth-order valence-corrected chi connectivity index (χ4v) is 3.38.